The number of carbonyl (C=O) groups is 1. The Morgan fingerprint density at radius 1 is 1.20 bits per heavy atom. The fraction of sp³-hybridized carbons (Fsp3) is 0.462. The highest BCUT2D eigenvalue weighted by Crippen LogP contribution is 2.20. The van der Waals surface area contributed by atoms with Gasteiger partial charge in [0.05, 0.1) is 12.4 Å². The van der Waals surface area contributed by atoms with Gasteiger partial charge in [-0.15, -0.1) is 0 Å². The lowest BCUT2D eigenvalue weighted by molar-refractivity contribution is 0.143. The Kier molecular flexibility index (Phi) is 5.35. The molecule has 0 saturated heterocycles. The molecule has 0 spiro atoms. The average Bonchev–Trinajstić information content (AvgIpc) is 2.27. The van der Waals surface area contributed by atoms with Crippen molar-refractivity contribution in [2.45, 2.75) is 32.3 Å². The number of nitrogens with zero attached hydrogens (tertiary/aromatic N) is 1. The number of rotatable bonds is 5. The molecule has 1 rings (SSSR count). The summed E-state index contributed by atoms with van der Waals surface area (Å²) in [6.45, 7) is 7.20. The zero-order chi connectivity index (χ0) is 15.4. The van der Waals surface area contributed by atoms with Gasteiger partial charge >= 0.3 is 6.09 Å². The molecule has 0 aliphatic heterocycles. The Morgan fingerprint density at radius 2 is 1.75 bits per heavy atom. The van der Waals surface area contributed by atoms with Gasteiger partial charge in [0.15, 0.2) is 8.24 Å². The standard InChI is InChI=1S/C13H21NO4SSi/c1-5-18-13(15)14(20(2,3)4)19(16,17)11-12-9-7-6-8-10-12/h6-10H,5,11H2,1-4H3. The number of hydrogen-bond acceptors (Lipinski definition) is 4. The number of hydrogen-bond donors (Lipinski definition) is 0. The zero-order valence-electron chi connectivity index (χ0n) is 12.3. The molecule has 0 aromatic heterocycles. The molecule has 0 atom stereocenters. The van der Waals surface area contributed by atoms with Gasteiger partial charge in [-0.05, 0) is 12.5 Å². The first-order valence-electron chi connectivity index (χ1n) is 6.42. The maximum atomic E-state index is 12.5. The molecule has 0 radical (unpaired) electrons. The van der Waals surface area contributed by atoms with E-state index in [-0.39, 0.29) is 12.4 Å². The van der Waals surface area contributed by atoms with Gasteiger partial charge in [-0.3, -0.25) is 0 Å². The molecular weight excluding hydrogens is 294 g/mol. The van der Waals surface area contributed by atoms with Crippen molar-refractivity contribution in [3.8, 4) is 0 Å². The molecule has 20 heavy (non-hydrogen) atoms. The minimum Gasteiger partial charge on any atom is -0.450 e. The molecule has 0 N–H and O–H groups in total. The van der Waals surface area contributed by atoms with Crippen LogP contribution in [0.2, 0.25) is 19.6 Å². The molecule has 7 heteroatoms. The molecule has 0 fully saturated rings. The van der Waals surface area contributed by atoms with Crippen LogP contribution >= 0.6 is 0 Å². The van der Waals surface area contributed by atoms with Crippen LogP contribution in [0.1, 0.15) is 12.5 Å². The fourth-order valence-electron chi connectivity index (χ4n) is 1.84. The molecule has 1 amide bonds. The summed E-state index contributed by atoms with van der Waals surface area (Å²) in [6, 6.07) is 8.82. The van der Waals surface area contributed by atoms with E-state index in [2.05, 4.69) is 0 Å². The van der Waals surface area contributed by atoms with Crippen molar-refractivity contribution < 1.29 is 17.9 Å². The van der Waals surface area contributed by atoms with Crippen LogP contribution in [0, 0.1) is 0 Å². The van der Waals surface area contributed by atoms with Crippen LogP contribution < -0.4 is 0 Å². The van der Waals surface area contributed by atoms with E-state index < -0.39 is 24.4 Å². The highest BCUT2D eigenvalue weighted by atomic mass is 32.2. The maximum Gasteiger partial charge on any atom is 0.415 e. The van der Waals surface area contributed by atoms with Crippen molar-refractivity contribution in [1.82, 2.24) is 3.97 Å². The number of amides is 1. The van der Waals surface area contributed by atoms with E-state index >= 15 is 0 Å². The third-order valence-corrected chi connectivity index (χ3v) is 7.80. The van der Waals surface area contributed by atoms with E-state index in [0.29, 0.717) is 5.56 Å². The maximum absolute atomic E-state index is 12.5. The molecule has 1 aromatic carbocycles. The number of ether oxygens (including phenoxy) is 1. The molecule has 0 saturated carbocycles. The first-order chi connectivity index (χ1) is 9.18. The van der Waals surface area contributed by atoms with Crippen LogP contribution in [0.5, 0.6) is 0 Å². The van der Waals surface area contributed by atoms with Crippen molar-refractivity contribution in [3.63, 3.8) is 0 Å². The van der Waals surface area contributed by atoms with E-state index in [0.717, 1.165) is 3.97 Å². The highest BCUT2D eigenvalue weighted by Gasteiger charge is 2.39. The predicted octanol–water partition coefficient (Wildman–Crippen LogP) is 2.81. The largest absolute Gasteiger partial charge is 0.450 e. The minimum atomic E-state index is -3.73. The summed E-state index contributed by atoms with van der Waals surface area (Å²) in [7, 11) is -6.14. The SMILES string of the molecule is CCOC(=O)N([Si](C)(C)C)S(=O)(=O)Cc1ccccc1. The smallest absolute Gasteiger partial charge is 0.415 e. The first kappa shape index (κ1) is 16.7. The summed E-state index contributed by atoms with van der Waals surface area (Å²) in [5, 5.41) is 0. The lowest BCUT2D eigenvalue weighted by Crippen LogP contribution is -2.53. The van der Waals surface area contributed by atoms with Crippen LogP contribution in [-0.2, 0) is 20.5 Å². The van der Waals surface area contributed by atoms with Crippen molar-refractivity contribution in [3.05, 3.63) is 35.9 Å². The summed E-state index contributed by atoms with van der Waals surface area (Å²) < 4.78 is 30.9. The Hall–Kier alpha value is -1.34. The number of benzene rings is 1. The Bertz CT molecular complexity index is 551. The van der Waals surface area contributed by atoms with E-state index in [1.807, 2.05) is 6.07 Å². The second-order valence-corrected chi connectivity index (χ2v) is 12.3. The molecule has 0 heterocycles. The van der Waals surface area contributed by atoms with Gasteiger partial charge in [-0.2, -0.15) is 0 Å². The van der Waals surface area contributed by atoms with E-state index in [9.17, 15) is 13.2 Å². The van der Waals surface area contributed by atoms with E-state index in [1.54, 1.807) is 50.8 Å². The topological polar surface area (TPSA) is 63.7 Å². The molecule has 0 aliphatic rings. The molecule has 1 aromatic rings. The van der Waals surface area contributed by atoms with Gasteiger partial charge in [-0.1, -0.05) is 50.0 Å². The summed E-state index contributed by atoms with van der Waals surface area (Å²) >= 11 is 0. The van der Waals surface area contributed by atoms with Gasteiger partial charge in [-0.25, -0.2) is 17.2 Å². The van der Waals surface area contributed by atoms with Crippen LogP contribution in [0.15, 0.2) is 30.3 Å². The molecule has 112 valence electrons. The Labute approximate surface area is 121 Å². The quantitative estimate of drug-likeness (QED) is 0.784. The highest BCUT2D eigenvalue weighted by molar-refractivity contribution is 7.90. The van der Waals surface area contributed by atoms with Crippen LogP contribution in [0.25, 0.3) is 0 Å². The van der Waals surface area contributed by atoms with Crippen molar-refractivity contribution >= 4 is 24.4 Å². The normalized spacial score (nSPS) is 12.0. The Morgan fingerprint density at radius 3 is 2.20 bits per heavy atom. The van der Waals surface area contributed by atoms with Gasteiger partial charge in [0.25, 0.3) is 0 Å². The van der Waals surface area contributed by atoms with E-state index in [4.69, 9.17) is 4.74 Å². The minimum absolute atomic E-state index is 0.153. The third-order valence-electron chi connectivity index (χ3n) is 2.51. The van der Waals surface area contributed by atoms with Crippen LogP contribution in [0.4, 0.5) is 4.79 Å². The summed E-state index contributed by atoms with van der Waals surface area (Å²) in [6.07, 6.45) is -0.775. The first-order valence-corrected chi connectivity index (χ1v) is 11.5. The second-order valence-electron chi connectivity index (χ2n) is 5.38. The Balaban J connectivity index is 3.09. The van der Waals surface area contributed by atoms with Gasteiger partial charge in [0, 0.05) is 0 Å². The summed E-state index contributed by atoms with van der Waals surface area (Å²) in [5.41, 5.74) is 0.653. The monoisotopic (exact) mass is 315 g/mol. The average molecular weight is 315 g/mol. The predicted molar refractivity (Wildman–Crippen MR) is 81.3 cm³/mol. The molecular formula is C13H21NO4SSi. The van der Waals surface area contributed by atoms with Crippen molar-refractivity contribution in [1.29, 1.82) is 0 Å². The third kappa shape index (κ3) is 4.34. The number of carbonyl (C=O) groups excluding carboxylic acids is 1. The van der Waals surface area contributed by atoms with Crippen molar-refractivity contribution in [2.24, 2.45) is 0 Å². The van der Waals surface area contributed by atoms with Crippen molar-refractivity contribution in [2.75, 3.05) is 6.61 Å². The lowest BCUT2D eigenvalue weighted by atomic mass is 10.2. The van der Waals surface area contributed by atoms with Crippen LogP contribution in [-0.4, -0.2) is 33.3 Å². The lowest BCUT2D eigenvalue weighted by Gasteiger charge is -2.32. The fourth-order valence-corrected chi connectivity index (χ4v) is 7.00. The molecule has 0 bridgehead atoms. The van der Waals surface area contributed by atoms with Gasteiger partial charge in [0.2, 0.25) is 10.0 Å². The zero-order valence-corrected chi connectivity index (χ0v) is 14.1. The summed E-state index contributed by atoms with van der Waals surface area (Å²) in [5.74, 6) is -0.197. The second kappa shape index (κ2) is 6.40. The van der Waals surface area contributed by atoms with Gasteiger partial charge < -0.3 is 4.74 Å². The van der Waals surface area contributed by atoms with Crippen LogP contribution in [0.3, 0.4) is 0 Å². The van der Waals surface area contributed by atoms with E-state index in [1.165, 1.54) is 0 Å². The molecule has 0 aliphatic carbocycles. The number of sulfonamides is 1. The molecule has 0 unspecified atom stereocenters. The molecule has 5 nitrogen and oxygen atoms in total. The summed E-state index contributed by atoms with van der Waals surface area (Å²) in [4.78, 5) is 12.0. The van der Waals surface area contributed by atoms with Gasteiger partial charge in [0.1, 0.15) is 0 Å².